The molecule has 2 saturated carbocycles. The van der Waals surface area contributed by atoms with E-state index in [0.717, 1.165) is 37.0 Å². The Morgan fingerprint density at radius 3 is 2.23 bits per heavy atom. The molecule has 3 rings (SSSR count). The molecule has 39 heavy (non-hydrogen) atoms. The summed E-state index contributed by atoms with van der Waals surface area (Å²) in [7, 11) is -1.69. The highest BCUT2D eigenvalue weighted by atomic mass is 28.3. The van der Waals surface area contributed by atoms with E-state index >= 15 is 0 Å². The van der Waals surface area contributed by atoms with Gasteiger partial charge in [0.25, 0.3) is 0 Å². The van der Waals surface area contributed by atoms with Crippen LogP contribution in [0.2, 0.25) is 19.1 Å². The molecule has 0 radical (unpaired) electrons. The molecule has 3 nitrogen and oxygen atoms in total. The highest BCUT2D eigenvalue weighted by molar-refractivity contribution is 6.90. The minimum absolute atomic E-state index is 0.279. The van der Waals surface area contributed by atoms with Crippen molar-refractivity contribution in [1.29, 1.82) is 0 Å². The maximum Gasteiger partial charge on any atom is 0.333 e. The van der Waals surface area contributed by atoms with Crippen LogP contribution in [0.5, 0.6) is 0 Å². The highest BCUT2D eigenvalue weighted by Crippen LogP contribution is 2.44. The Hall–Kier alpha value is -1.39. The number of aliphatic hydroxyl groups is 1. The zero-order valence-electron chi connectivity index (χ0n) is 25.7. The lowest BCUT2D eigenvalue weighted by Crippen LogP contribution is -2.43. The topological polar surface area (TPSA) is 46.5 Å². The van der Waals surface area contributed by atoms with E-state index < -0.39 is 8.07 Å². The van der Waals surface area contributed by atoms with Crippen LogP contribution >= 0.6 is 0 Å². The average molecular weight is 555 g/mol. The van der Waals surface area contributed by atoms with E-state index in [1.165, 1.54) is 99.4 Å². The standard InChI is InChI=1S/C35H58O3Si/c1-6-7-9-12-28-13-15-29(16-14-28)30-17-19-31(20-18-30)32-21-22-34(39(4,5)24-11-8-10-23-36)33(25-32)26-38-35(37)27(2)3/h21-22,25,28-31,36H,2,6-20,23-24,26H2,1,3-5H3. The van der Waals surface area contributed by atoms with Crippen LogP contribution in [0.4, 0.5) is 0 Å². The molecule has 2 aliphatic rings. The van der Waals surface area contributed by atoms with Crippen molar-refractivity contribution in [3.05, 3.63) is 41.5 Å². The molecule has 0 bridgehead atoms. The van der Waals surface area contributed by atoms with Crippen molar-refractivity contribution in [3.63, 3.8) is 0 Å². The second-order valence-electron chi connectivity index (χ2n) is 13.6. The first-order valence-corrected chi connectivity index (χ1v) is 19.5. The van der Waals surface area contributed by atoms with Gasteiger partial charge in [-0.2, -0.15) is 0 Å². The van der Waals surface area contributed by atoms with Crippen molar-refractivity contribution >= 4 is 19.2 Å². The summed E-state index contributed by atoms with van der Waals surface area (Å²) in [5.41, 5.74) is 3.12. The van der Waals surface area contributed by atoms with Crippen LogP contribution in [0.3, 0.4) is 0 Å². The van der Waals surface area contributed by atoms with Crippen LogP contribution in [0.15, 0.2) is 30.4 Å². The summed E-state index contributed by atoms with van der Waals surface area (Å²) in [6.45, 7) is 13.3. The second kappa shape index (κ2) is 16.2. The molecule has 0 atom stereocenters. The van der Waals surface area contributed by atoms with Crippen molar-refractivity contribution in [2.45, 2.75) is 142 Å². The Kier molecular flexibility index (Phi) is 13.3. The van der Waals surface area contributed by atoms with Crippen LogP contribution in [0, 0.1) is 17.8 Å². The van der Waals surface area contributed by atoms with Gasteiger partial charge in [0.15, 0.2) is 0 Å². The molecule has 220 valence electrons. The molecule has 1 aromatic carbocycles. The lowest BCUT2D eigenvalue weighted by molar-refractivity contribution is -0.140. The zero-order valence-corrected chi connectivity index (χ0v) is 26.7. The molecule has 0 spiro atoms. The van der Waals surface area contributed by atoms with Gasteiger partial charge in [0, 0.05) is 12.2 Å². The average Bonchev–Trinajstić information content (AvgIpc) is 2.94. The Morgan fingerprint density at radius 2 is 1.62 bits per heavy atom. The first-order valence-electron chi connectivity index (χ1n) is 16.3. The largest absolute Gasteiger partial charge is 0.457 e. The van der Waals surface area contributed by atoms with Gasteiger partial charge in [0.1, 0.15) is 6.61 Å². The molecule has 4 heteroatoms. The lowest BCUT2D eigenvalue weighted by Gasteiger charge is -2.38. The zero-order chi connectivity index (χ0) is 28.3. The van der Waals surface area contributed by atoms with Crippen molar-refractivity contribution in [2.24, 2.45) is 17.8 Å². The van der Waals surface area contributed by atoms with Gasteiger partial charge in [0.2, 0.25) is 0 Å². The number of esters is 1. The van der Waals surface area contributed by atoms with Crippen molar-refractivity contribution in [1.82, 2.24) is 0 Å². The van der Waals surface area contributed by atoms with Gasteiger partial charge in [0.05, 0.1) is 8.07 Å². The van der Waals surface area contributed by atoms with Gasteiger partial charge in [-0.3, -0.25) is 0 Å². The molecule has 2 aliphatic carbocycles. The fourth-order valence-corrected chi connectivity index (χ4v) is 10.4. The normalized spacial score (nSPS) is 23.9. The van der Waals surface area contributed by atoms with Crippen LogP contribution < -0.4 is 5.19 Å². The molecule has 0 heterocycles. The van der Waals surface area contributed by atoms with E-state index in [0.29, 0.717) is 18.1 Å². The molecular formula is C35H58O3Si. The highest BCUT2D eigenvalue weighted by Gasteiger charge is 2.32. The summed E-state index contributed by atoms with van der Waals surface area (Å²) in [5, 5.41) is 10.6. The number of carbonyl (C=O) groups excluding carboxylic acids is 1. The quantitative estimate of drug-likeness (QED) is 0.102. The van der Waals surface area contributed by atoms with Crippen LogP contribution in [-0.4, -0.2) is 25.8 Å². The van der Waals surface area contributed by atoms with Gasteiger partial charge in [-0.05, 0) is 86.7 Å². The van der Waals surface area contributed by atoms with E-state index in [-0.39, 0.29) is 12.6 Å². The Morgan fingerprint density at radius 1 is 0.949 bits per heavy atom. The number of ether oxygens (including phenoxy) is 1. The first kappa shape index (κ1) is 32.1. The molecule has 0 saturated heterocycles. The summed E-state index contributed by atoms with van der Waals surface area (Å²) >= 11 is 0. The van der Waals surface area contributed by atoms with E-state index in [2.05, 4.69) is 44.8 Å². The van der Waals surface area contributed by atoms with E-state index in [9.17, 15) is 9.90 Å². The number of unbranched alkanes of at least 4 members (excludes halogenated alkanes) is 4. The first-order chi connectivity index (χ1) is 18.7. The van der Waals surface area contributed by atoms with Crippen molar-refractivity contribution in [3.8, 4) is 0 Å². The van der Waals surface area contributed by atoms with E-state index in [1.807, 2.05) is 0 Å². The number of carbonyl (C=O) groups is 1. The van der Waals surface area contributed by atoms with Gasteiger partial charge >= 0.3 is 5.97 Å². The summed E-state index contributed by atoms with van der Waals surface area (Å²) in [4.78, 5) is 12.2. The molecule has 0 aromatic heterocycles. The van der Waals surface area contributed by atoms with Crippen LogP contribution in [0.1, 0.15) is 127 Å². The van der Waals surface area contributed by atoms with Crippen molar-refractivity contribution in [2.75, 3.05) is 6.61 Å². The third kappa shape index (κ3) is 9.88. The van der Waals surface area contributed by atoms with Crippen LogP contribution in [0.25, 0.3) is 0 Å². The SMILES string of the molecule is C=C(C)C(=O)OCc1cc(C2CCC(C3CCC(CCCCC)CC3)CC2)ccc1[Si](C)(C)CCCCCO. The van der Waals surface area contributed by atoms with Crippen LogP contribution in [-0.2, 0) is 16.1 Å². The Labute approximate surface area is 241 Å². The fourth-order valence-electron chi connectivity index (χ4n) is 7.46. The predicted molar refractivity (Wildman–Crippen MR) is 168 cm³/mol. The molecule has 0 unspecified atom stereocenters. The minimum Gasteiger partial charge on any atom is -0.457 e. The fraction of sp³-hybridized carbons (Fsp3) is 0.743. The van der Waals surface area contributed by atoms with E-state index in [1.54, 1.807) is 6.92 Å². The number of benzene rings is 1. The minimum atomic E-state index is -1.69. The summed E-state index contributed by atoms with van der Waals surface area (Å²) in [6, 6.07) is 8.35. The maximum atomic E-state index is 12.2. The molecule has 0 aliphatic heterocycles. The second-order valence-corrected chi connectivity index (χ2v) is 18.4. The summed E-state index contributed by atoms with van der Waals surface area (Å²) < 4.78 is 5.70. The smallest absolute Gasteiger partial charge is 0.333 e. The number of hydrogen-bond donors (Lipinski definition) is 1. The maximum absolute atomic E-state index is 12.2. The number of rotatable bonds is 15. The van der Waals surface area contributed by atoms with Crippen molar-refractivity contribution < 1.29 is 14.6 Å². The summed E-state index contributed by atoms with van der Waals surface area (Å²) in [6.07, 6.45) is 20.0. The van der Waals surface area contributed by atoms with E-state index in [4.69, 9.17) is 4.74 Å². The van der Waals surface area contributed by atoms with Gasteiger partial charge < -0.3 is 9.84 Å². The number of aliphatic hydroxyl groups excluding tert-OH is 1. The molecule has 2 fully saturated rings. The lowest BCUT2D eigenvalue weighted by atomic mass is 9.68. The van der Waals surface area contributed by atoms with Gasteiger partial charge in [-0.1, -0.05) is 107 Å². The molecule has 1 N–H and O–H groups in total. The monoisotopic (exact) mass is 554 g/mol. The van der Waals surface area contributed by atoms with Gasteiger partial charge in [-0.25, -0.2) is 4.79 Å². The van der Waals surface area contributed by atoms with Gasteiger partial charge in [-0.15, -0.1) is 0 Å². The predicted octanol–water partition coefficient (Wildman–Crippen LogP) is 9.04. The molecular weight excluding hydrogens is 496 g/mol. The molecule has 0 amide bonds. The Bertz CT molecular complexity index is 891. The molecule has 1 aromatic rings. The third-order valence-electron chi connectivity index (χ3n) is 10.0. The third-order valence-corrected chi connectivity index (χ3v) is 13.6. The summed E-state index contributed by atoms with van der Waals surface area (Å²) in [5.74, 6) is 3.23. The Balaban J connectivity index is 1.62. The number of hydrogen-bond acceptors (Lipinski definition) is 3.